The fourth-order valence-electron chi connectivity index (χ4n) is 2.27. The molecule has 20 heavy (non-hydrogen) atoms. The van der Waals surface area contributed by atoms with Gasteiger partial charge in [-0.05, 0) is 42.0 Å². The molecule has 1 aromatic carbocycles. The number of fused-ring (bicyclic) bond motifs is 1. The normalized spacial score (nSPS) is 15.8. The van der Waals surface area contributed by atoms with Crippen molar-refractivity contribution in [2.24, 2.45) is 5.41 Å². The summed E-state index contributed by atoms with van der Waals surface area (Å²) in [5.41, 5.74) is 3.06. The van der Waals surface area contributed by atoms with Crippen LogP contribution in [-0.4, -0.2) is 20.7 Å². The Morgan fingerprint density at radius 2 is 2.05 bits per heavy atom. The topological polar surface area (TPSA) is 58.2 Å². The summed E-state index contributed by atoms with van der Waals surface area (Å²) in [7, 11) is -3.28. The van der Waals surface area contributed by atoms with Gasteiger partial charge < -0.3 is 5.32 Å². The summed E-state index contributed by atoms with van der Waals surface area (Å²) >= 11 is 0. The predicted molar refractivity (Wildman–Crippen MR) is 83.3 cm³/mol. The number of anilines is 1. The Bertz CT molecular complexity index is 574. The molecule has 0 saturated heterocycles. The Labute approximate surface area is 122 Å². The van der Waals surface area contributed by atoms with Crippen molar-refractivity contribution in [3.8, 4) is 0 Å². The lowest BCUT2D eigenvalue weighted by Crippen LogP contribution is -2.26. The molecule has 5 heteroatoms. The lowest BCUT2D eigenvalue weighted by molar-refractivity contribution is 0.397. The number of rotatable bonds is 4. The minimum Gasteiger partial charge on any atom is -0.312 e. The monoisotopic (exact) mass is 296 g/mol. The SMILES string of the molecule is CC(C)(C)CCS(=O)(=O)Nc1cccc2c1CNCC2. The van der Waals surface area contributed by atoms with Crippen LogP contribution in [0.1, 0.15) is 38.3 Å². The molecule has 0 bridgehead atoms. The third kappa shape index (κ3) is 4.21. The van der Waals surface area contributed by atoms with E-state index in [0.29, 0.717) is 6.42 Å². The van der Waals surface area contributed by atoms with Gasteiger partial charge in [-0.2, -0.15) is 0 Å². The molecule has 4 nitrogen and oxygen atoms in total. The molecule has 0 radical (unpaired) electrons. The Morgan fingerprint density at radius 1 is 1.30 bits per heavy atom. The van der Waals surface area contributed by atoms with Crippen molar-refractivity contribution >= 4 is 15.7 Å². The molecule has 0 fully saturated rings. The first-order valence-electron chi connectivity index (χ1n) is 7.09. The van der Waals surface area contributed by atoms with E-state index in [9.17, 15) is 8.42 Å². The third-order valence-corrected chi connectivity index (χ3v) is 4.80. The Balaban J connectivity index is 2.13. The van der Waals surface area contributed by atoms with E-state index in [1.165, 1.54) is 5.56 Å². The van der Waals surface area contributed by atoms with E-state index in [4.69, 9.17) is 0 Å². The van der Waals surface area contributed by atoms with E-state index in [1.54, 1.807) is 0 Å². The van der Waals surface area contributed by atoms with Crippen LogP contribution in [0.2, 0.25) is 0 Å². The summed E-state index contributed by atoms with van der Waals surface area (Å²) in [5.74, 6) is 0.160. The van der Waals surface area contributed by atoms with Crippen molar-refractivity contribution in [1.29, 1.82) is 0 Å². The van der Waals surface area contributed by atoms with Gasteiger partial charge in [0.1, 0.15) is 0 Å². The number of benzene rings is 1. The number of nitrogens with one attached hydrogen (secondary N) is 2. The second-order valence-corrected chi connectivity index (χ2v) is 8.44. The van der Waals surface area contributed by atoms with Gasteiger partial charge >= 0.3 is 0 Å². The zero-order chi connectivity index (χ0) is 14.8. The molecule has 1 aliphatic rings. The molecule has 1 aliphatic heterocycles. The Hall–Kier alpha value is -1.07. The zero-order valence-corrected chi connectivity index (χ0v) is 13.3. The highest BCUT2D eigenvalue weighted by Gasteiger charge is 2.20. The quantitative estimate of drug-likeness (QED) is 0.897. The van der Waals surface area contributed by atoms with Crippen LogP contribution in [-0.2, 0) is 23.0 Å². The van der Waals surface area contributed by atoms with Gasteiger partial charge in [0.15, 0.2) is 0 Å². The maximum absolute atomic E-state index is 12.2. The maximum Gasteiger partial charge on any atom is 0.232 e. The van der Waals surface area contributed by atoms with Crippen molar-refractivity contribution in [3.63, 3.8) is 0 Å². The first kappa shape index (κ1) is 15.3. The van der Waals surface area contributed by atoms with Gasteiger partial charge in [-0.25, -0.2) is 8.42 Å². The molecular weight excluding hydrogens is 272 g/mol. The van der Waals surface area contributed by atoms with E-state index in [1.807, 2.05) is 12.1 Å². The third-order valence-electron chi connectivity index (χ3n) is 3.53. The second-order valence-electron chi connectivity index (χ2n) is 6.60. The number of hydrogen-bond acceptors (Lipinski definition) is 3. The van der Waals surface area contributed by atoms with Crippen LogP contribution in [0.5, 0.6) is 0 Å². The van der Waals surface area contributed by atoms with Gasteiger partial charge in [-0.3, -0.25) is 4.72 Å². The van der Waals surface area contributed by atoms with Crippen molar-refractivity contribution in [2.45, 2.75) is 40.2 Å². The van der Waals surface area contributed by atoms with Crippen LogP contribution >= 0.6 is 0 Å². The summed E-state index contributed by atoms with van der Waals surface area (Å²) in [6.45, 7) is 7.84. The largest absolute Gasteiger partial charge is 0.312 e. The first-order valence-corrected chi connectivity index (χ1v) is 8.74. The first-order chi connectivity index (χ1) is 9.27. The van der Waals surface area contributed by atoms with Gasteiger partial charge in [0.25, 0.3) is 0 Å². The molecule has 0 spiro atoms. The molecule has 1 aromatic rings. The smallest absolute Gasteiger partial charge is 0.232 e. The molecule has 2 rings (SSSR count). The molecule has 0 unspecified atom stereocenters. The minimum absolute atomic E-state index is 0.0203. The van der Waals surface area contributed by atoms with E-state index >= 15 is 0 Å². The van der Waals surface area contributed by atoms with Crippen molar-refractivity contribution in [3.05, 3.63) is 29.3 Å². The lowest BCUT2D eigenvalue weighted by Gasteiger charge is -2.22. The van der Waals surface area contributed by atoms with Gasteiger partial charge in [0.2, 0.25) is 10.0 Å². The summed E-state index contributed by atoms with van der Waals surface area (Å²) in [5, 5.41) is 3.29. The number of hydrogen-bond donors (Lipinski definition) is 2. The van der Waals surface area contributed by atoms with Gasteiger partial charge in [0.05, 0.1) is 11.4 Å². The highest BCUT2D eigenvalue weighted by atomic mass is 32.2. The van der Waals surface area contributed by atoms with E-state index < -0.39 is 10.0 Å². The van der Waals surface area contributed by atoms with Crippen LogP contribution in [0.25, 0.3) is 0 Å². The van der Waals surface area contributed by atoms with Crippen LogP contribution in [0, 0.1) is 5.41 Å². The average Bonchev–Trinajstić information content (AvgIpc) is 2.36. The second kappa shape index (κ2) is 5.74. The van der Waals surface area contributed by atoms with Gasteiger partial charge in [-0.1, -0.05) is 32.9 Å². The molecular formula is C15H24N2O2S. The van der Waals surface area contributed by atoms with Crippen molar-refractivity contribution in [1.82, 2.24) is 5.32 Å². The summed E-state index contributed by atoms with van der Waals surface area (Å²) in [6.07, 6.45) is 1.60. The molecule has 0 aromatic heterocycles. The summed E-state index contributed by atoms with van der Waals surface area (Å²) < 4.78 is 27.2. The van der Waals surface area contributed by atoms with Crippen LogP contribution < -0.4 is 10.0 Å². The van der Waals surface area contributed by atoms with Gasteiger partial charge in [0, 0.05) is 6.54 Å². The average molecular weight is 296 g/mol. The molecule has 2 N–H and O–H groups in total. The zero-order valence-electron chi connectivity index (χ0n) is 12.5. The molecule has 0 amide bonds. The van der Waals surface area contributed by atoms with Crippen LogP contribution in [0.3, 0.4) is 0 Å². The van der Waals surface area contributed by atoms with Gasteiger partial charge in [-0.15, -0.1) is 0 Å². The van der Waals surface area contributed by atoms with E-state index in [2.05, 4.69) is 36.9 Å². The summed E-state index contributed by atoms with van der Waals surface area (Å²) in [4.78, 5) is 0. The Morgan fingerprint density at radius 3 is 2.75 bits per heavy atom. The standard InChI is InChI=1S/C15H24N2O2S/c1-15(2,3)8-10-20(18,19)17-14-6-4-5-12-7-9-16-11-13(12)14/h4-6,16-17H,7-11H2,1-3H3. The van der Waals surface area contributed by atoms with E-state index in [-0.39, 0.29) is 11.2 Å². The molecule has 0 saturated carbocycles. The van der Waals surface area contributed by atoms with Crippen LogP contribution in [0.4, 0.5) is 5.69 Å². The Kier molecular flexibility index (Phi) is 4.39. The molecule has 0 atom stereocenters. The fraction of sp³-hybridized carbons (Fsp3) is 0.600. The highest BCUT2D eigenvalue weighted by Crippen LogP contribution is 2.25. The highest BCUT2D eigenvalue weighted by molar-refractivity contribution is 7.92. The molecule has 0 aliphatic carbocycles. The lowest BCUT2D eigenvalue weighted by atomic mass is 9.94. The fourth-order valence-corrected chi connectivity index (χ4v) is 3.78. The predicted octanol–water partition coefficient (Wildman–Crippen LogP) is 2.51. The van der Waals surface area contributed by atoms with Crippen molar-refractivity contribution < 1.29 is 8.42 Å². The molecule has 1 heterocycles. The minimum atomic E-state index is -3.28. The maximum atomic E-state index is 12.2. The summed E-state index contributed by atoms with van der Waals surface area (Å²) in [6, 6.07) is 5.84. The van der Waals surface area contributed by atoms with Crippen molar-refractivity contribution in [2.75, 3.05) is 17.0 Å². The number of sulfonamides is 1. The molecule has 112 valence electrons. The van der Waals surface area contributed by atoms with E-state index in [0.717, 1.165) is 30.8 Å². The van der Waals surface area contributed by atoms with Crippen LogP contribution in [0.15, 0.2) is 18.2 Å².